The molecule has 26 heavy (non-hydrogen) atoms. The molecule has 1 atom stereocenters. The second-order valence-corrected chi connectivity index (χ2v) is 6.34. The zero-order chi connectivity index (χ0) is 18.7. The molecule has 0 aliphatic heterocycles. The summed E-state index contributed by atoms with van der Waals surface area (Å²) in [5.74, 6) is 0.855. The Balaban J connectivity index is 1.71. The van der Waals surface area contributed by atoms with Crippen molar-refractivity contribution in [3.05, 3.63) is 75.1 Å². The Labute approximate surface area is 155 Å². The van der Waals surface area contributed by atoms with E-state index in [1.165, 1.54) is 12.1 Å². The highest BCUT2D eigenvalue weighted by atomic mass is 35.5. The molecule has 0 amide bonds. The molecule has 0 aliphatic carbocycles. The summed E-state index contributed by atoms with van der Waals surface area (Å²) in [6.07, 6.45) is 0. The molecule has 0 saturated heterocycles. The first-order chi connectivity index (χ1) is 12.5. The number of rotatable bonds is 6. The predicted octanol–water partition coefficient (Wildman–Crippen LogP) is 4.49. The van der Waals surface area contributed by atoms with E-state index in [-0.39, 0.29) is 11.7 Å². The van der Waals surface area contributed by atoms with Gasteiger partial charge in [0.2, 0.25) is 11.7 Å². The topological polar surface area (TPSA) is 85.3 Å². The molecule has 0 bridgehead atoms. The number of nitro groups is 1. The second kappa shape index (κ2) is 7.63. The molecule has 134 valence electrons. The maximum absolute atomic E-state index is 10.7. The highest BCUT2D eigenvalue weighted by molar-refractivity contribution is 6.31. The molecule has 0 aliphatic rings. The SMILES string of the molecule is CC(c1ccccc1Cl)N(C)Cc1nc(-c2ccc([N+](=O)[O-])cc2)no1. The number of benzene rings is 2. The standard InChI is InChI=1S/C18H17ClN4O3/c1-12(15-5-3-4-6-16(15)19)22(2)11-17-20-18(21-26-17)13-7-9-14(10-8-13)23(24)25/h3-10,12H,11H2,1-2H3. The van der Waals surface area contributed by atoms with Gasteiger partial charge >= 0.3 is 0 Å². The fourth-order valence-corrected chi connectivity index (χ4v) is 2.86. The first kappa shape index (κ1) is 18.0. The lowest BCUT2D eigenvalue weighted by Crippen LogP contribution is -2.22. The molecule has 8 heteroatoms. The van der Waals surface area contributed by atoms with E-state index < -0.39 is 4.92 Å². The molecule has 0 fully saturated rings. The number of hydrogen-bond acceptors (Lipinski definition) is 6. The van der Waals surface area contributed by atoms with Crippen molar-refractivity contribution in [3.63, 3.8) is 0 Å². The van der Waals surface area contributed by atoms with Crippen molar-refractivity contribution >= 4 is 17.3 Å². The minimum absolute atomic E-state index is 0.0192. The third-order valence-corrected chi connectivity index (χ3v) is 4.55. The highest BCUT2D eigenvalue weighted by Crippen LogP contribution is 2.27. The summed E-state index contributed by atoms with van der Waals surface area (Å²) in [4.78, 5) is 16.7. The fraction of sp³-hybridized carbons (Fsp3) is 0.222. The normalized spacial score (nSPS) is 12.3. The largest absolute Gasteiger partial charge is 0.338 e. The summed E-state index contributed by atoms with van der Waals surface area (Å²) in [5, 5.41) is 15.4. The summed E-state index contributed by atoms with van der Waals surface area (Å²) in [6, 6.07) is 13.8. The van der Waals surface area contributed by atoms with Crippen LogP contribution in [-0.4, -0.2) is 27.0 Å². The van der Waals surface area contributed by atoms with Crippen LogP contribution in [0.4, 0.5) is 5.69 Å². The first-order valence-corrected chi connectivity index (χ1v) is 8.35. The van der Waals surface area contributed by atoms with E-state index in [1.807, 2.05) is 36.2 Å². The van der Waals surface area contributed by atoms with Gasteiger partial charge in [-0.15, -0.1) is 0 Å². The molecule has 1 unspecified atom stereocenters. The third kappa shape index (κ3) is 3.89. The van der Waals surface area contributed by atoms with Crippen molar-refractivity contribution in [2.75, 3.05) is 7.05 Å². The number of nitro benzene ring substituents is 1. The van der Waals surface area contributed by atoms with E-state index >= 15 is 0 Å². The van der Waals surface area contributed by atoms with E-state index in [1.54, 1.807) is 12.1 Å². The van der Waals surface area contributed by atoms with Crippen LogP contribution < -0.4 is 0 Å². The van der Waals surface area contributed by atoms with Crippen LogP contribution in [0.25, 0.3) is 11.4 Å². The number of aromatic nitrogens is 2. The average molecular weight is 373 g/mol. The Hall–Kier alpha value is -2.77. The molecular weight excluding hydrogens is 356 g/mol. The highest BCUT2D eigenvalue weighted by Gasteiger charge is 2.18. The summed E-state index contributed by atoms with van der Waals surface area (Å²) in [7, 11) is 1.95. The molecule has 0 N–H and O–H groups in total. The van der Waals surface area contributed by atoms with Gasteiger partial charge in [-0.25, -0.2) is 0 Å². The van der Waals surface area contributed by atoms with Gasteiger partial charge in [0.05, 0.1) is 11.5 Å². The Morgan fingerprint density at radius 1 is 1.23 bits per heavy atom. The zero-order valence-corrected chi connectivity index (χ0v) is 15.1. The van der Waals surface area contributed by atoms with Crippen molar-refractivity contribution in [2.24, 2.45) is 0 Å². The van der Waals surface area contributed by atoms with E-state index in [4.69, 9.17) is 16.1 Å². The zero-order valence-electron chi connectivity index (χ0n) is 14.3. The lowest BCUT2D eigenvalue weighted by atomic mass is 10.1. The second-order valence-electron chi connectivity index (χ2n) is 5.93. The molecule has 0 saturated carbocycles. The molecule has 1 heterocycles. The quantitative estimate of drug-likeness (QED) is 0.468. The van der Waals surface area contributed by atoms with Crippen molar-refractivity contribution in [2.45, 2.75) is 19.5 Å². The fourth-order valence-electron chi connectivity index (χ4n) is 2.57. The number of nitrogens with zero attached hydrogens (tertiary/aromatic N) is 4. The molecule has 3 aromatic rings. The van der Waals surface area contributed by atoms with Crippen LogP contribution in [0.15, 0.2) is 53.1 Å². The van der Waals surface area contributed by atoms with Gasteiger partial charge in [-0.3, -0.25) is 15.0 Å². The van der Waals surface area contributed by atoms with Crippen LogP contribution in [0.2, 0.25) is 5.02 Å². The minimum Gasteiger partial charge on any atom is -0.338 e. The number of non-ortho nitro benzene ring substituents is 1. The Bertz CT molecular complexity index is 911. The smallest absolute Gasteiger partial charge is 0.269 e. The van der Waals surface area contributed by atoms with Crippen LogP contribution in [0, 0.1) is 10.1 Å². The maximum atomic E-state index is 10.7. The maximum Gasteiger partial charge on any atom is 0.269 e. The predicted molar refractivity (Wildman–Crippen MR) is 97.7 cm³/mol. The van der Waals surface area contributed by atoms with Crippen LogP contribution in [0.1, 0.15) is 24.4 Å². The monoisotopic (exact) mass is 372 g/mol. The lowest BCUT2D eigenvalue weighted by Gasteiger charge is -2.24. The van der Waals surface area contributed by atoms with Gasteiger partial charge in [0, 0.05) is 28.8 Å². The van der Waals surface area contributed by atoms with Gasteiger partial charge in [-0.05, 0) is 37.7 Å². The third-order valence-electron chi connectivity index (χ3n) is 4.21. The van der Waals surface area contributed by atoms with Crippen LogP contribution >= 0.6 is 11.6 Å². The molecule has 2 aromatic carbocycles. The summed E-state index contributed by atoms with van der Waals surface area (Å²) in [6.45, 7) is 2.50. The molecule has 0 spiro atoms. The van der Waals surface area contributed by atoms with Gasteiger partial charge in [0.1, 0.15) is 0 Å². The van der Waals surface area contributed by atoms with Crippen molar-refractivity contribution in [1.29, 1.82) is 0 Å². The van der Waals surface area contributed by atoms with E-state index in [2.05, 4.69) is 17.1 Å². The van der Waals surface area contributed by atoms with Crippen LogP contribution in [-0.2, 0) is 6.54 Å². The molecule has 1 aromatic heterocycles. The van der Waals surface area contributed by atoms with E-state index in [9.17, 15) is 10.1 Å². The van der Waals surface area contributed by atoms with Crippen LogP contribution in [0.3, 0.4) is 0 Å². The van der Waals surface area contributed by atoms with E-state index in [0.717, 1.165) is 5.56 Å². The molecule has 3 rings (SSSR count). The lowest BCUT2D eigenvalue weighted by molar-refractivity contribution is -0.384. The molecular formula is C18H17ClN4O3. The van der Waals surface area contributed by atoms with Gasteiger partial charge in [0.25, 0.3) is 5.69 Å². The Kier molecular flexibility index (Phi) is 5.29. The summed E-state index contributed by atoms with van der Waals surface area (Å²) >= 11 is 6.26. The molecule has 7 nitrogen and oxygen atoms in total. The minimum atomic E-state index is -0.448. The van der Waals surface area contributed by atoms with E-state index in [0.29, 0.717) is 28.8 Å². The van der Waals surface area contributed by atoms with Gasteiger partial charge in [0.15, 0.2) is 0 Å². The number of halogens is 1. The average Bonchev–Trinajstić information content (AvgIpc) is 3.10. The summed E-state index contributed by atoms with van der Waals surface area (Å²) < 4.78 is 5.31. The Morgan fingerprint density at radius 3 is 2.58 bits per heavy atom. The van der Waals surface area contributed by atoms with Gasteiger partial charge < -0.3 is 4.52 Å². The first-order valence-electron chi connectivity index (χ1n) is 7.98. The van der Waals surface area contributed by atoms with Gasteiger partial charge in [-0.2, -0.15) is 4.98 Å². The van der Waals surface area contributed by atoms with Gasteiger partial charge in [-0.1, -0.05) is 35.0 Å². The molecule has 0 radical (unpaired) electrons. The van der Waals surface area contributed by atoms with Crippen LogP contribution in [0.5, 0.6) is 0 Å². The summed E-state index contributed by atoms with van der Waals surface area (Å²) in [5.41, 5.74) is 1.70. The van der Waals surface area contributed by atoms with Crippen molar-refractivity contribution in [3.8, 4) is 11.4 Å². The Morgan fingerprint density at radius 2 is 1.92 bits per heavy atom. The van der Waals surface area contributed by atoms with Crippen molar-refractivity contribution in [1.82, 2.24) is 15.0 Å². The number of hydrogen-bond donors (Lipinski definition) is 0. The van der Waals surface area contributed by atoms with Crippen molar-refractivity contribution < 1.29 is 9.45 Å².